The number of halogens is 2. The highest BCUT2D eigenvalue weighted by atomic mass is 79.9. The minimum Gasteiger partial charge on any atom is -0.486 e. The summed E-state index contributed by atoms with van der Waals surface area (Å²) in [4.78, 5) is 4.08. The van der Waals surface area contributed by atoms with E-state index in [0.717, 1.165) is 5.01 Å². The molecule has 2 aromatic rings. The van der Waals surface area contributed by atoms with Crippen molar-refractivity contribution in [3.05, 3.63) is 45.1 Å². The van der Waals surface area contributed by atoms with Gasteiger partial charge in [-0.1, -0.05) is 0 Å². The standard InChI is InChI=1S/C10H7BrFNOS/c11-8-5-7(1-2-9(8)12)14-6-10-13-3-4-15-10/h1-5H,6H2. The monoisotopic (exact) mass is 287 g/mol. The van der Waals surface area contributed by atoms with E-state index in [0.29, 0.717) is 16.8 Å². The highest BCUT2D eigenvalue weighted by Crippen LogP contribution is 2.22. The van der Waals surface area contributed by atoms with Crippen LogP contribution in [0.5, 0.6) is 5.75 Å². The summed E-state index contributed by atoms with van der Waals surface area (Å²) in [5.74, 6) is 0.329. The Morgan fingerprint density at radius 3 is 3.00 bits per heavy atom. The lowest BCUT2D eigenvalue weighted by atomic mass is 10.3. The van der Waals surface area contributed by atoms with Gasteiger partial charge in [0.05, 0.1) is 4.47 Å². The minimum absolute atomic E-state index is 0.295. The zero-order valence-electron chi connectivity index (χ0n) is 7.61. The molecule has 0 saturated heterocycles. The summed E-state index contributed by atoms with van der Waals surface area (Å²) < 4.78 is 18.7. The second-order valence-corrected chi connectivity index (χ2v) is 4.62. The Hall–Kier alpha value is -0.940. The van der Waals surface area contributed by atoms with Gasteiger partial charge in [-0.15, -0.1) is 11.3 Å². The van der Waals surface area contributed by atoms with Crippen molar-refractivity contribution in [2.75, 3.05) is 0 Å². The Bertz CT molecular complexity index is 447. The smallest absolute Gasteiger partial charge is 0.140 e. The van der Waals surface area contributed by atoms with Crippen molar-refractivity contribution in [3.8, 4) is 5.75 Å². The van der Waals surface area contributed by atoms with E-state index in [9.17, 15) is 4.39 Å². The molecule has 1 heterocycles. The van der Waals surface area contributed by atoms with E-state index in [1.807, 2.05) is 5.38 Å². The number of hydrogen-bond donors (Lipinski definition) is 0. The average molecular weight is 288 g/mol. The van der Waals surface area contributed by atoms with Gasteiger partial charge in [-0.2, -0.15) is 0 Å². The number of rotatable bonds is 3. The van der Waals surface area contributed by atoms with Crippen LogP contribution in [-0.4, -0.2) is 4.98 Å². The van der Waals surface area contributed by atoms with Crippen LogP contribution in [0.25, 0.3) is 0 Å². The first-order valence-electron chi connectivity index (χ1n) is 4.22. The molecule has 0 aliphatic rings. The van der Waals surface area contributed by atoms with Crippen LogP contribution in [0.15, 0.2) is 34.2 Å². The minimum atomic E-state index is -0.295. The maximum atomic E-state index is 12.9. The summed E-state index contributed by atoms with van der Waals surface area (Å²) in [6.45, 7) is 0.412. The Morgan fingerprint density at radius 2 is 2.33 bits per heavy atom. The van der Waals surface area contributed by atoms with Crippen LogP contribution in [0, 0.1) is 5.82 Å². The Labute approximate surface area is 98.9 Å². The van der Waals surface area contributed by atoms with Crippen LogP contribution in [0.3, 0.4) is 0 Å². The molecule has 2 rings (SSSR count). The van der Waals surface area contributed by atoms with Gasteiger partial charge in [-0.05, 0) is 34.1 Å². The van der Waals surface area contributed by atoms with Crippen LogP contribution in [0.1, 0.15) is 5.01 Å². The van der Waals surface area contributed by atoms with E-state index >= 15 is 0 Å². The molecule has 0 radical (unpaired) electrons. The van der Waals surface area contributed by atoms with E-state index in [1.165, 1.54) is 17.4 Å². The van der Waals surface area contributed by atoms with Crippen molar-refractivity contribution in [1.82, 2.24) is 4.98 Å². The Balaban J connectivity index is 2.02. The molecule has 2 nitrogen and oxygen atoms in total. The molecule has 0 aliphatic heterocycles. The molecule has 0 N–H and O–H groups in total. The summed E-state index contributed by atoms with van der Waals surface area (Å²) in [6.07, 6.45) is 1.73. The topological polar surface area (TPSA) is 22.1 Å². The van der Waals surface area contributed by atoms with Crippen LogP contribution < -0.4 is 4.74 Å². The first-order valence-corrected chi connectivity index (χ1v) is 5.89. The number of nitrogens with zero attached hydrogens (tertiary/aromatic N) is 1. The number of thiazole rings is 1. The summed E-state index contributed by atoms with van der Waals surface area (Å²) in [6, 6.07) is 4.55. The van der Waals surface area contributed by atoms with Gasteiger partial charge < -0.3 is 4.74 Å². The molecule has 1 aromatic heterocycles. The van der Waals surface area contributed by atoms with E-state index in [-0.39, 0.29) is 5.82 Å². The SMILES string of the molecule is Fc1ccc(OCc2nccs2)cc1Br. The lowest BCUT2D eigenvalue weighted by Gasteiger charge is -2.04. The van der Waals surface area contributed by atoms with Crippen LogP contribution in [0.4, 0.5) is 4.39 Å². The maximum absolute atomic E-state index is 12.9. The second-order valence-electron chi connectivity index (χ2n) is 2.79. The van der Waals surface area contributed by atoms with Crippen molar-refractivity contribution >= 4 is 27.3 Å². The lowest BCUT2D eigenvalue weighted by Crippen LogP contribution is -1.94. The lowest BCUT2D eigenvalue weighted by molar-refractivity contribution is 0.305. The molecule has 78 valence electrons. The van der Waals surface area contributed by atoms with Crippen molar-refractivity contribution in [2.24, 2.45) is 0 Å². The van der Waals surface area contributed by atoms with Crippen LogP contribution >= 0.6 is 27.3 Å². The predicted octanol–water partition coefficient (Wildman–Crippen LogP) is 3.62. The molecule has 0 fully saturated rings. The van der Waals surface area contributed by atoms with Crippen molar-refractivity contribution in [2.45, 2.75) is 6.61 Å². The maximum Gasteiger partial charge on any atom is 0.140 e. The number of aromatic nitrogens is 1. The summed E-state index contributed by atoms with van der Waals surface area (Å²) >= 11 is 4.62. The van der Waals surface area contributed by atoms with Gasteiger partial charge in [0.1, 0.15) is 23.2 Å². The third kappa shape index (κ3) is 2.76. The largest absolute Gasteiger partial charge is 0.486 e. The van der Waals surface area contributed by atoms with Crippen molar-refractivity contribution in [3.63, 3.8) is 0 Å². The third-order valence-corrected chi connectivity index (χ3v) is 3.10. The molecule has 0 saturated carbocycles. The van der Waals surface area contributed by atoms with Crippen LogP contribution in [-0.2, 0) is 6.61 Å². The first kappa shape index (κ1) is 10.6. The zero-order chi connectivity index (χ0) is 10.7. The number of ether oxygens (including phenoxy) is 1. The van der Waals surface area contributed by atoms with Crippen molar-refractivity contribution < 1.29 is 9.13 Å². The molecule has 15 heavy (non-hydrogen) atoms. The van der Waals surface area contributed by atoms with E-state index in [4.69, 9.17) is 4.74 Å². The summed E-state index contributed by atoms with van der Waals surface area (Å²) in [7, 11) is 0. The second kappa shape index (κ2) is 4.72. The molecule has 5 heteroatoms. The van der Waals surface area contributed by atoms with Gasteiger partial charge in [-0.25, -0.2) is 9.37 Å². The molecular formula is C10H7BrFNOS. The highest BCUT2D eigenvalue weighted by molar-refractivity contribution is 9.10. The Kier molecular flexibility index (Phi) is 3.33. The van der Waals surface area contributed by atoms with Gasteiger partial charge in [0.25, 0.3) is 0 Å². The molecular weight excluding hydrogens is 281 g/mol. The fraction of sp³-hybridized carbons (Fsp3) is 0.100. The van der Waals surface area contributed by atoms with Gasteiger partial charge >= 0.3 is 0 Å². The van der Waals surface area contributed by atoms with Gasteiger partial charge in [0.2, 0.25) is 0 Å². The molecule has 0 bridgehead atoms. The average Bonchev–Trinajstić information content (AvgIpc) is 2.73. The third-order valence-electron chi connectivity index (χ3n) is 1.74. The van der Waals surface area contributed by atoms with Crippen LogP contribution in [0.2, 0.25) is 0 Å². The van der Waals surface area contributed by atoms with Gasteiger partial charge in [0, 0.05) is 11.6 Å². The normalized spacial score (nSPS) is 10.3. The first-order chi connectivity index (χ1) is 7.25. The molecule has 0 unspecified atom stereocenters. The molecule has 0 amide bonds. The van der Waals surface area contributed by atoms with E-state index < -0.39 is 0 Å². The molecule has 0 atom stereocenters. The predicted molar refractivity (Wildman–Crippen MR) is 60.5 cm³/mol. The fourth-order valence-electron chi connectivity index (χ4n) is 1.04. The summed E-state index contributed by atoms with van der Waals surface area (Å²) in [5, 5.41) is 2.79. The van der Waals surface area contributed by atoms with Gasteiger partial charge in [0.15, 0.2) is 0 Å². The van der Waals surface area contributed by atoms with E-state index in [2.05, 4.69) is 20.9 Å². The fourth-order valence-corrected chi connectivity index (χ4v) is 1.92. The Morgan fingerprint density at radius 1 is 1.47 bits per heavy atom. The van der Waals surface area contributed by atoms with Crippen molar-refractivity contribution in [1.29, 1.82) is 0 Å². The molecule has 0 spiro atoms. The number of hydrogen-bond acceptors (Lipinski definition) is 3. The van der Waals surface area contributed by atoms with E-state index in [1.54, 1.807) is 18.3 Å². The quantitative estimate of drug-likeness (QED) is 0.860. The van der Waals surface area contributed by atoms with Gasteiger partial charge in [-0.3, -0.25) is 0 Å². The zero-order valence-corrected chi connectivity index (χ0v) is 10.0. The molecule has 0 aliphatic carbocycles. The highest BCUT2D eigenvalue weighted by Gasteiger charge is 2.02. The molecule has 1 aromatic carbocycles. The summed E-state index contributed by atoms with van der Waals surface area (Å²) in [5.41, 5.74) is 0. The number of benzene rings is 1.